The summed E-state index contributed by atoms with van der Waals surface area (Å²) in [5.41, 5.74) is 5.51. The summed E-state index contributed by atoms with van der Waals surface area (Å²) in [6.07, 6.45) is 4.33. The second-order valence-electron chi connectivity index (χ2n) is 6.32. The first-order valence-corrected chi connectivity index (χ1v) is 9.39. The summed E-state index contributed by atoms with van der Waals surface area (Å²) < 4.78 is 5.79. The van der Waals surface area contributed by atoms with Crippen LogP contribution in [0.15, 0.2) is 70.6 Å². The third kappa shape index (κ3) is 6.09. The number of benzene rings is 2. The number of aromatic amines is 1. The fraction of sp³-hybridized carbons (Fsp3) is 0.227. The molecular weight excluding hydrogens is 352 g/mol. The molecule has 3 aromatic rings. The standard InChI is InChI=1S/C22H24N4O2/c1-2-19-15-21(27)25-22(24-19)26-23-16-18-10-12-20(13-11-18)28-14-6-9-17-7-4-3-5-8-17/h3-5,7-8,10-13,15-16H,2,6,9,14H2,1H3,(H2,24,25,26,27)/b23-16-. The lowest BCUT2D eigenvalue weighted by molar-refractivity contribution is 0.311. The maximum Gasteiger partial charge on any atom is 0.252 e. The van der Waals surface area contributed by atoms with Crippen LogP contribution in [0.4, 0.5) is 5.95 Å². The van der Waals surface area contributed by atoms with Gasteiger partial charge in [-0.05, 0) is 54.7 Å². The fourth-order valence-electron chi connectivity index (χ4n) is 2.67. The topological polar surface area (TPSA) is 79.4 Å². The van der Waals surface area contributed by atoms with Gasteiger partial charge in [0.1, 0.15) is 5.75 Å². The third-order valence-electron chi connectivity index (χ3n) is 4.14. The number of aromatic nitrogens is 2. The molecule has 1 aromatic heterocycles. The molecule has 6 heteroatoms. The molecule has 0 unspecified atom stereocenters. The molecule has 0 radical (unpaired) electrons. The summed E-state index contributed by atoms with van der Waals surface area (Å²) in [7, 11) is 0. The highest BCUT2D eigenvalue weighted by molar-refractivity contribution is 5.80. The van der Waals surface area contributed by atoms with Gasteiger partial charge in [-0.25, -0.2) is 10.4 Å². The van der Waals surface area contributed by atoms with Crippen molar-refractivity contribution in [3.05, 3.63) is 87.8 Å². The fourth-order valence-corrected chi connectivity index (χ4v) is 2.67. The molecule has 3 rings (SSSR count). The van der Waals surface area contributed by atoms with E-state index in [4.69, 9.17) is 4.74 Å². The van der Waals surface area contributed by atoms with Crippen molar-refractivity contribution in [1.29, 1.82) is 0 Å². The Labute approximate surface area is 164 Å². The van der Waals surface area contributed by atoms with Gasteiger partial charge in [-0.2, -0.15) is 5.10 Å². The Morgan fingerprint density at radius 2 is 1.93 bits per heavy atom. The van der Waals surface area contributed by atoms with E-state index in [2.05, 4.69) is 44.8 Å². The Hall–Kier alpha value is -3.41. The average Bonchev–Trinajstić information content (AvgIpc) is 2.72. The summed E-state index contributed by atoms with van der Waals surface area (Å²) in [4.78, 5) is 18.4. The van der Waals surface area contributed by atoms with E-state index in [1.54, 1.807) is 6.21 Å². The second-order valence-corrected chi connectivity index (χ2v) is 6.32. The first kappa shape index (κ1) is 19.4. The van der Waals surface area contributed by atoms with Crippen LogP contribution in [0.25, 0.3) is 0 Å². The molecule has 0 bridgehead atoms. The van der Waals surface area contributed by atoms with Gasteiger partial charge in [-0.1, -0.05) is 37.3 Å². The molecule has 0 aliphatic carbocycles. The Bertz CT molecular complexity index is 950. The van der Waals surface area contributed by atoms with Crippen LogP contribution in [0.2, 0.25) is 0 Å². The number of hydrogen-bond donors (Lipinski definition) is 2. The first-order chi connectivity index (χ1) is 13.7. The van der Waals surface area contributed by atoms with E-state index in [-0.39, 0.29) is 5.56 Å². The van der Waals surface area contributed by atoms with Gasteiger partial charge in [0.2, 0.25) is 5.95 Å². The van der Waals surface area contributed by atoms with E-state index < -0.39 is 0 Å². The minimum atomic E-state index is -0.196. The zero-order chi connectivity index (χ0) is 19.6. The van der Waals surface area contributed by atoms with Crippen LogP contribution in [-0.2, 0) is 12.8 Å². The lowest BCUT2D eigenvalue weighted by Gasteiger charge is -2.06. The molecule has 2 aromatic carbocycles. The monoisotopic (exact) mass is 376 g/mol. The molecule has 28 heavy (non-hydrogen) atoms. The van der Waals surface area contributed by atoms with Gasteiger partial charge < -0.3 is 4.74 Å². The first-order valence-electron chi connectivity index (χ1n) is 9.39. The molecule has 0 aliphatic heterocycles. The summed E-state index contributed by atoms with van der Waals surface area (Å²) in [6, 6.07) is 19.6. The zero-order valence-electron chi connectivity index (χ0n) is 15.9. The van der Waals surface area contributed by atoms with Crippen LogP contribution in [0, 0.1) is 0 Å². The number of hydrogen-bond acceptors (Lipinski definition) is 5. The summed E-state index contributed by atoms with van der Waals surface area (Å²) in [6.45, 7) is 2.62. The summed E-state index contributed by atoms with van der Waals surface area (Å²) in [5, 5.41) is 4.12. The van der Waals surface area contributed by atoms with Gasteiger partial charge in [-0.15, -0.1) is 0 Å². The number of anilines is 1. The van der Waals surface area contributed by atoms with Crippen molar-refractivity contribution in [3.8, 4) is 5.75 Å². The Balaban J connectivity index is 1.45. The smallest absolute Gasteiger partial charge is 0.252 e. The highest BCUT2D eigenvalue weighted by atomic mass is 16.5. The largest absolute Gasteiger partial charge is 0.494 e. The van der Waals surface area contributed by atoms with Gasteiger partial charge in [0.25, 0.3) is 5.56 Å². The SMILES string of the molecule is CCc1cc(=O)[nH]c(N/N=C\c2ccc(OCCCc3ccccc3)cc2)n1. The van der Waals surface area contributed by atoms with Crippen LogP contribution < -0.4 is 15.7 Å². The van der Waals surface area contributed by atoms with Crippen molar-refractivity contribution >= 4 is 12.2 Å². The van der Waals surface area contributed by atoms with E-state index in [1.165, 1.54) is 11.6 Å². The number of hydrazone groups is 1. The molecule has 6 nitrogen and oxygen atoms in total. The normalized spacial score (nSPS) is 10.9. The quantitative estimate of drug-likeness (QED) is 0.338. The van der Waals surface area contributed by atoms with Crippen molar-refractivity contribution in [1.82, 2.24) is 9.97 Å². The second kappa shape index (κ2) is 10.1. The highest BCUT2D eigenvalue weighted by Gasteiger charge is 1.99. The van der Waals surface area contributed by atoms with E-state index in [9.17, 15) is 4.79 Å². The predicted octanol–water partition coefficient (Wildman–Crippen LogP) is 3.79. The van der Waals surface area contributed by atoms with Crippen LogP contribution in [-0.4, -0.2) is 22.8 Å². The minimum absolute atomic E-state index is 0.196. The van der Waals surface area contributed by atoms with Crippen LogP contribution in [0.3, 0.4) is 0 Å². The molecule has 0 saturated carbocycles. The lowest BCUT2D eigenvalue weighted by atomic mass is 10.1. The van der Waals surface area contributed by atoms with Gasteiger partial charge in [0.05, 0.1) is 12.8 Å². The van der Waals surface area contributed by atoms with Crippen molar-refractivity contribution in [2.24, 2.45) is 5.10 Å². The molecule has 0 amide bonds. The third-order valence-corrected chi connectivity index (χ3v) is 4.14. The minimum Gasteiger partial charge on any atom is -0.494 e. The number of H-pyrrole nitrogens is 1. The zero-order valence-corrected chi connectivity index (χ0v) is 15.9. The van der Waals surface area contributed by atoms with Gasteiger partial charge >= 0.3 is 0 Å². The summed E-state index contributed by atoms with van der Waals surface area (Å²) >= 11 is 0. The van der Waals surface area contributed by atoms with Gasteiger partial charge in [-0.3, -0.25) is 9.78 Å². The van der Waals surface area contributed by atoms with Crippen molar-refractivity contribution in [3.63, 3.8) is 0 Å². The molecule has 144 valence electrons. The number of aryl methyl sites for hydroxylation is 2. The maximum absolute atomic E-state index is 11.5. The maximum atomic E-state index is 11.5. The number of nitrogens with one attached hydrogen (secondary N) is 2. The molecule has 2 N–H and O–H groups in total. The molecule has 0 spiro atoms. The van der Waals surface area contributed by atoms with Crippen molar-refractivity contribution < 1.29 is 4.74 Å². The van der Waals surface area contributed by atoms with Gasteiger partial charge in [0.15, 0.2) is 0 Å². The van der Waals surface area contributed by atoms with Crippen molar-refractivity contribution in [2.45, 2.75) is 26.2 Å². The molecule has 0 atom stereocenters. The van der Waals surface area contributed by atoms with Crippen LogP contribution >= 0.6 is 0 Å². The average molecular weight is 376 g/mol. The van der Waals surface area contributed by atoms with E-state index in [0.29, 0.717) is 19.0 Å². The van der Waals surface area contributed by atoms with Crippen LogP contribution in [0.1, 0.15) is 30.2 Å². The number of ether oxygens (including phenoxy) is 1. The molecule has 0 aliphatic rings. The molecule has 0 fully saturated rings. The number of rotatable bonds is 9. The Kier molecular flexibility index (Phi) is 6.95. The van der Waals surface area contributed by atoms with Gasteiger partial charge in [0, 0.05) is 11.8 Å². The van der Waals surface area contributed by atoms with Crippen LogP contribution in [0.5, 0.6) is 5.75 Å². The predicted molar refractivity (Wildman–Crippen MR) is 112 cm³/mol. The van der Waals surface area contributed by atoms with Crippen molar-refractivity contribution in [2.75, 3.05) is 12.0 Å². The molecular formula is C22H24N4O2. The van der Waals surface area contributed by atoms with E-state index in [0.717, 1.165) is 29.8 Å². The molecule has 0 saturated heterocycles. The van der Waals surface area contributed by atoms with E-state index >= 15 is 0 Å². The summed E-state index contributed by atoms with van der Waals surface area (Å²) in [5.74, 6) is 1.17. The Morgan fingerprint density at radius 3 is 2.68 bits per heavy atom. The molecule has 1 heterocycles. The van der Waals surface area contributed by atoms with E-state index in [1.807, 2.05) is 37.3 Å². The number of nitrogens with zero attached hydrogens (tertiary/aromatic N) is 2. The Morgan fingerprint density at radius 1 is 1.14 bits per heavy atom. The lowest BCUT2D eigenvalue weighted by Crippen LogP contribution is -2.11. The highest BCUT2D eigenvalue weighted by Crippen LogP contribution is 2.12.